The first-order chi connectivity index (χ1) is 6.25. The zero-order chi connectivity index (χ0) is 9.68. The van der Waals surface area contributed by atoms with Crippen LogP contribution in [-0.2, 0) is 4.79 Å². The summed E-state index contributed by atoms with van der Waals surface area (Å²) in [6.07, 6.45) is 2.92. The minimum Gasteiger partial charge on any atom is -0.336 e. The average molecular weight is 182 g/mol. The van der Waals surface area contributed by atoms with Crippen LogP contribution in [0.2, 0.25) is 0 Å². The number of nitrogens with zero attached hydrogens (tertiary/aromatic N) is 1. The Kier molecular flexibility index (Phi) is 3.96. The second-order valence-electron chi connectivity index (χ2n) is 3.34. The van der Waals surface area contributed by atoms with Gasteiger partial charge < -0.3 is 10.2 Å². The molecule has 1 fully saturated rings. The Morgan fingerprint density at radius 3 is 2.62 bits per heavy atom. The lowest BCUT2D eigenvalue weighted by Crippen LogP contribution is -2.46. The van der Waals surface area contributed by atoms with Crippen LogP contribution in [0.1, 0.15) is 20.3 Å². The fourth-order valence-electron chi connectivity index (χ4n) is 1.51. The first-order valence-corrected chi connectivity index (χ1v) is 4.92. The highest BCUT2D eigenvalue weighted by Crippen LogP contribution is 2.03. The lowest BCUT2D eigenvalue weighted by molar-refractivity contribution is -0.127. The van der Waals surface area contributed by atoms with Crippen LogP contribution in [0.5, 0.6) is 0 Å². The van der Waals surface area contributed by atoms with E-state index in [-0.39, 0.29) is 5.91 Å². The Balaban J connectivity index is 2.50. The van der Waals surface area contributed by atoms with Gasteiger partial charge in [-0.3, -0.25) is 4.79 Å². The van der Waals surface area contributed by atoms with Gasteiger partial charge in [-0.1, -0.05) is 13.0 Å². The quantitative estimate of drug-likeness (QED) is 0.640. The topological polar surface area (TPSA) is 32.3 Å². The van der Waals surface area contributed by atoms with Crippen LogP contribution in [0, 0.1) is 0 Å². The molecule has 0 aromatic carbocycles. The van der Waals surface area contributed by atoms with Gasteiger partial charge in [0.05, 0.1) is 0 Å². The summed E-state index contributed by atoms with van der Waals surface area (Å²) >= 11 is 0. The maximum absolute atomic E-state index is 11.7. The number of carbonyl (C=O) groups excluding carboxylic acids is 1. The number of allylic oxidation sites excluding steroid dienone is 1. The molecule has 3 heteroatoms. The van der Waals surface area contributed by atoms with Crippen LogP contribution in [0.3, 0.4) is 0 Å². The highest BCUT2D eigenvalue weighted by molar-refractivity contribution is 5.92. The SMILES string of the molecule is CC/C=C(\C)C(=O)N1CCNCC1. The molecule has 0 saturated carbocycles. The van der Waals surface area contributed by atoms with Crippen molar-refractivity contribution in [2.45, 2.75) is 20.3 Å². The van der Waals surface area contributed by atoms with Gasteiger partial charge in [0.1, 0.15) is 0 Å². The lowest BCUT2D eigenvalue weighted by Gasteiger charge is -2.27. The van der Waals surface area contributed by atoms with Crippen molar-refractivity contribution in [3.63, 3.8) is 0 Å². The molecule has 0 aliphatic carbocycles. The molecule has 1 rings (SSSR count). The number of hydrogen-bond acceptors (Lipinski definition) is 2. The van der Waals surface area contributed by atoms with E-state index in [2.05, 4.69) is 12.2 Å². The molecule has 0 aromatic heterocycles. The number of piperazine rings is 1. The van der Waals surface area contributed by atoms with Crippen molar-refractivity contribution in [1.82, 2.24) is 10.2 Å². The lowest BCUT2D eigenvalue weighted by atomic mass is 10.2. The van der Waals surface area contributed by atoms with Crippen molar-refractivity contribution < 1.29 is 4.79 Å². The highest BCUT2D eigenvalue weighted by Gasteiger charge is 2.16. The summed E-state index contributed by atoms with van der Waals surface area (Å²) in [4.78, 5) is 13.6. The predicted octanol–water partition coefficient (Wildman–Crippen LogP) is 0.774. The number of nitrogens with one attached hydrogen (secondary N) is 1. The van der Waals surface area contributed by atoms with Gasteiger partial charge in [0, 0.05) is 31.8 Å². The van der Waals surface area contributed by atoms with Crippen molar-refractivity contribution in [3.05, 3.63) is 11.6 Å². The Morgan fingerprint density at radius 1 is 1.46 bits per heavy atom. The van der Waals surface area contributed by atoms with E-state index in [0.717, 1.165) is 38.2 Å². The molecular weight excluding hydrogens is 164 g/mol. The zero-order valence-electron chi connectivity index (χ0n) is 8.47. The van der Waals surface area contributed by atoms with Crippen LogP contribution >= 0.6 is 0 Å². The van der Waals surface area contributed by atoms with Gasteiger partial charge in [0.2, 0.25) is 5.91 Å². The van der Waals surface area contributed by atoms with E-state index < -0.39 is 0 Å². The molecule has 1 heterocycles. The summed E-state index contributed by atoms with van der Waals surface area (Å²) in [5, 5.41) is 3.23. The molecule has 1 saturated heterocycles. The van der Waals surface area contributed by atoms with Gasteiger partial charge >= 0.3 is 0 Å². The summed E-state index contributed by atoms with van der Waals surface area (Å²) in [6, 6.07) is 0. The van der Waals surface area contributed by atoms with Crippen LogP contribution in [0.4, 0.5) is 0 Å². The Morgan fingerprint density at radius 2 is 2.08 bits per heavy atom. The molecule has 0 bridgehead atoms. The average Bonchev–Trinajstić information content (AvgIpc) is 2.18. The second-order valence-corrected chi connectivity index (χ2v) is 3.34. The van der Waals surface area contributed by atoms with Gasteiger partial charge in [-0.2, -0.15) is 0 Å². The fourth-order valence-corrected chi connectivity index (χ4v) is 1.51. The molecule has 1 N–H and O–H groups in total. The van der Waals surface area contributed by atoms with Crippen LogP contribution in [0.15, 0.2) is 11.6 Å². The summed E-state index contributed by atoms with van der Waals surface area (Å²) in [7, 11) is 0. The molecule has 0 unspecified atom stereocenters. The zero-order valence-corrected chi connectivity index (χ0v) is 8.47. The third-order valence-corrected chi connectivity index (χ3v) is 2.25. The molecule has 0 radical (unpaired) electrons. The van der Waals surface area contributed by atoms with Crippen molar-refractivity contribution in [3.8, 4) is 0 Å². The number of hydrogen-bond donors (Lipinski definition) is 1. The smallest absolute Gasteiger partial charge is 0.249 e. The van der Waals surface area contributed by atoms with Crippen LogP contribution in [-0.4, -0.2) is 37.0 Å². The first kappa shape index (κ1) is 10.3. The third kappa shape index (κ3) is 2.84. The molecule has 0 aromatic rings. The van der Waals surface area contributed by atoms with Gasteiger partial charge in [-0.05, 0) is 13.3 Å². The molecular formula is C10H18N2O. The van der Waals surface area contributed by atoms with Crippen molar-refractivity contribution in [2.24, 2.45) is 0 Å². The molecule has 13 heavy (non-hydrogen) atoms. The highest BCUT2D eigenvalue weighted by atomic mass is 16.2. The summed E-state index contributed by atoms with van der Waals surface area (Å²) < 4.78 is 0. The molecule has 3 nitrogen and oxygen atoms in total. The molecule has 1 aliphatic heterocycles. The number of rotatable bonds is 2. The van der Waals surface area contributed by atoms with Crippen LogP contribution < -0.4 is 5.32 Å². The van der Waals surface area contributed by atoms with Crippen molar-refractivity contribution in [1.29, 1.82) is 0 Å². The van der Waals surface area contributed by atoms with Gasteiger partial charge in [-0.25, -0.2) is 0 Å². The molecule has 0 spiro atoms. The van der Waals surface area contributed by atoms with Crippen molar-refractivity contribution in [2.75, 3.05) is 26.2 Å². The first-order valence-electron chi connectivity index (χ1n) is 4.92. The number of carbonyl (C=O) groups is 1. The van der Waals surface area contributed by atoms with Gasteiger partial charge in [0.25, 0.3) is 0 Å². The predicted molar refractivity (Wildman–Crippen MR) is 53.5 cm³/mol. The third-order valence-electron chi connectivity index (χ3n) is 2.25. The molecule has 1 aliphatic rings. The van der Waals surface area contributed by atoms with Gasteiger partial charge in [-0.15, -0.1) is 0 Å². The largest absolute Gasteiger partial charge is 0.336 e. The summed E-state index contributed by atoms with van der Waals surface area (Å²) in [5.41, 5.74) is 0.879. The molecule has 1 amide bonds. The van der Waals surface area contributed by atoms with E-state index in [1.165, 1.54) is 0 Å². The van der Waals surface area contributed by atoms with E-state index in [0.29, 0.717) is 0 Å². The van der Waals surface area contributed by atoms with E-state index in [9.17, 15) is 4.79 Å². The van der Waals surface area contributed by atoms with Crippen LogP contribution in [0.25, 0.3) is 0 Å². The minimum atomic E-state index is 0.198. The van der Waals surface area contributed by atoms with E-state index >= 15 is 0 Å². The fraction of sp³-hybridized carbons (Fsp3) is 0.700. The maximum atomic E-state index is 11.7. The van der Waals surface area contributed by atoms with E-state index in [1.807, 2.05) is 17.9 Å². The maximum Gasteiger partial charge on any atom is 0.249 e. The molecule has 0 atom stereocenters. The Labute approximate surface area is 79.8 Å². The minimum absolute atomic E-state index is 0.198. The molecule has 74 valence electrons. The Bertz CT molecular complexity index is 205. The summed E-state index contributed by atoms with van der Waals surface area (Å²) in [5.74, 6) is 0.198. The summed E-state index contributed by atoms with van der Waals surface area (Å²) in [6.45, 7) is 7.47. The second kappa shape index (κ2) is 5.02. The monoisotopic (exact) mass is 182 g/mol. The normalized spacial score (nSPS) is 18.9. The van der Waals surface area contributed by atoms with E-state index in [1.54, 1.807) is 0 Å². The number of amides is 1. The standard InChI is InChI=1S/C10H18N2O/c1-3-4-9(2)10(13)12-7-5-11-6-8-12/h4,11H,3,5-8H2,1-2H3/b9-4+. The van der Waals surface area contributed by atoms with Crippen molar-refractivity contribution >= 4 is 5.91 Å². The van der Waals surface area contributed by atoms with E-state index in [4.69, 9.17) is 0 Å². The van der Waals surface area contributed by atoms with Gasteiger partial charge in [0.15, 0.2) is 0 Å². The Hall–Kier alpha value is -0.830.